The molecule has 17 heavy (non-hydrogen) atoms. The van der Waals surface area contributed by atoms with Crippen LogP contribution in [0.5, 0.6) is 0 Å². The molecule has 1 nitrogen and oxygen atoms in total. The van der Waals surface area contributed by atoms with Gasteiger partial charge in [0.2, 0.25) is 0 Å². The van der Waals surface area contributed by atoms with Gasteiger partial charge in [0.15, 0.2) is 0 Å². The molecule has 0 radical (unpaired) electrons. The summed E-state index contributed by atoms with van der Waals surface area (Å²) in [5.41, 5.74) is 1.44. The van der Waals surface area contributed by atoms with Crippen molar-refractivity contribution in [1.82, 2.24) is 5.32 Å². The van der Waals surface area contributed by atoms with Gasteiger partial charge in [0.25, 0.3) is 0 Å². The van der Waals surface area contributed by atoms with E-state index in [1.54, 1.807) is 0 Å². The zero-order valence-corrected chi connectivity index (χ0v) is 11.9. The molecule has 0 spiro atoms. The zero-order chi connectivity index (χ0) is 11.9. The molecule has 0 fully saturated rings. The second kappa shape index (κ2) is 7.04. The summed E-state index contributed by atoms with van der Waals surface area (Å²) in [5.74, 6) is 1.28. The standard InChI is InChI=1S/C14H19NS2/c1-16-9-5-4-8-15-10-12-11-17-14-7-3-2-6-13(12)14/h2-3,6-7,11,15H,4-5,8-10H2,1H3. The summed E-state index contributed by atoms with van der Waals surface area (Å²) in [7, 11) is 0. The summed E-state index contributed by atoms with van der Waals surface area (Å²) in [6, 6.07) is 8.65. The summed E-state index contributed by atoms with van der Waals surface area (Å²) in [4.78, 5) is 0. The highest BCUT2D eigenvalue weighted by atomic mass is 32.2. The van der Waals surface area contributed by atoms with E-state index in [0.29, 0.717) is 0 Å². The third-order valence-electron chi connectivity index (χ3n) is 2.83. The Morgan fingerprint density at radius 2 is 2.12 bits per heavy atom. The first-order chi connectivity index (χ1) is 8.42. The van der Waals surface area contributed by atoms with Gasteiger partial charge in [-0.25, -0.2) is 0 Å². The summed E-state index contributed by atoms with van der Waals surface area (Å²) < 4.78 is 1.40. The van der Waals surface area contributed by atoms with E-state index in [-0.39, 0.29) is 0 Å². The maximum Gasteiger partial charge on any atom is 0.0346 e. The van der Waals surface area contributed by atoms with Gasteiger partial charge in [0.1, 0.15) is 0 Å². The lowest BCUT2D eigenvalue weighted by Crippen LogP contribution is -2.14. The Morgan fingerprint density at radius 3 is 3.00 bits per heavy atom. The molecule has 1 heterocycles. The Labute approximate surface area is 112 Å². The van der Waals surface area contributed by atoms with Crippen LogP contribution in [-0.4, -0.2) is 18.6 Å². The van der Waals surface area contributed by atoms with Gasteiger partial charge in [-0.2, -0.15) is 11.8 Å². The predicted octanol–water partition coefficient (Wildman–Crippen LogP) is 4.13. The molecule has 1 N–H and O–H groups in total. The van der Waals surface area contributed by atoms with Crippen molar-refractivity contribution in [2.45, 2.75) is 19.4 Å². The van der Waals surface area contributed by atoms with Gasteiger partial charge in [-0.1, -0.05) is 18.2 Å². The molecule has 0 saturated heterocycles. The van der Waals surface area contributed by atoms with E-state index in [9.17, 15) is 0 Å². The van der Waals surface area contributed by atoms with Gasteiger partial charge in [-0.05, 0) is 53.8 Å². The van der Waals surface area contributed by atoms with Gasteiger partial charge >= 0.3 is 0 Å². The molecule has 0 aliphatic carbocycles. The van der Waals surface area contributed by atoms with Crippen LogP contribution in [0.4, 0.5) is 0 Å². The van der Waals surface area contributed by atoms with Crippen LogP contribution in [0.15, 0.2) is 29.6 Å². The van der Waals surface area contributed by atoms with Crippen molar-refractivity contribution >= 4 is 33.2 Å². The number of thiophene rings is 1. The monoisotopic (exact) mass is 265 g/mol. The average molecular weight is 265 g/mol. The molecule has 3 heteroatoms. The SMILES string of the molecule is CSCCCCNCc1csc2ccccc12. The lowest BCUT2D eigenvalue weighted by Gasteiger charge is -2.03. The molecule has 0 unspecified atom stereocenters. The maximum atomic E-state index is 3.54. The van der Waals surface area contributed by atoms with Crippen molar-refractivity contribution in [3.05, 3.63) is 35.2 Å². The third-order valence-corrected chi connectivity index (χ3v) is 4.54. The molecule has 0 aliphatic rings. The van der Waals surface area contributed by atoms with Crippen molar-refractivity contribution in [2.75, 3.05) is 18.6 Å². The number of thioether (sulfide) groups is 1. The van der Waals surface area contributed by atoms with E-state index in [0.717, 1.165) is 13.1 Å². The van der Waals surface area contributed by atoms with Crippen LogP contribution < -0.4 is 5.32 Å². The molecule has 2 rings (SSSR count). The Balaban J connectivity index is 1.79. The van der Waals surface area contributed by atoms with Gasteiger partial charge in [-0.3, -0.25) is 0 Å². The number of rotatable bonds is 7. The average Bonchev–Trinajstić information content (AvgIpc) is 2.77. The van der Waals surface area contributed by atoms with Crippen LogP contribution in [0.25, 0.3) is 10.1 Å². The topological polar surface area (TPSA) is 12.0 Å². The molecule has 0 aliphatic heterocycles. The first-order valence-electron chi connectivity index (χ1n) is 6.06. The summed E-state index contributed by atoms with van der Waals surface area (Å²) in [5, 5.41) is 7.22. The van der Waals surface area contributed by atoms with Crippen LogP contribution in [0, 0.1) is 0 Å². The molecule has 0 saturated carbocycles. The number of nitrogens with one attached hydrogen (secondary N) is 1. The number of hydrogen-bond donors (Lipinski definition) is 1. The number of fused-ring (bicyclic) bond motifs is 1. The van der Waals surface area contributed by atoms with Crippen molar-refractivity contribution in [2.24, 2.45) is 0 Å². The molecule has 1 aromatic carbocycles. The Kier molecular flexibility index (Phi) is 5.36. The first kappa shape index (κ1) is 12.9. The quantitative estimate of drug-likeness (QED) is 0.755. The van der Waals surface area contributed by atoms with Crippen LogP contribution >= 0.6 is 23.1 Å². The van der Waals surface area contributed by atoms with Crippen LogP contribution in [0.3, 0.4) is 0 Å². The smallest absolute Gasteiger partial charge is 0.0346 e. The molecular formula is C14H19NS2. The normalized spacial score (nSPS) is 11.1. The Morgan fingerprint density at radius 1 is 1.24 bits per heavy atom. The Hall–Kier alpha value is -0.510. The van der Waals surface area contributed by atoms with E-state index >= 15 is 0 Å². The van der Waals surface area contributed by atoms with Gasteiger partial charge in [0.05, 0.1) is 0 Å². The second-order valence-corrected chi connectivity index (χ2v) is 6.03. The van der Waals surface area contributed by atoms with Gasteiger partial charge < -0.3 is 5.32 Å². The minimum absolute atomic E-state index is 1.00. The minimum atomic E-state index is 1.00. The molecule has 92 valence electrons. The van der Waals surface area contributed by atoms with Crippen LogP contribution in [0.1, 0.15) is 18.4 Å². The second-order valence-electron chi connectivity index (χ2n) is 4.13. The van der Waals surface area contributed by atoms with Crippen molar-refractivity contribution in [1.29, 1.82) is 0 Å². The van der Waals surface area contributed by atoms with Gasteiger partial charge in [0, 0.05) is 11.2 Å². The number of hydrogen-bond acceptors (Lipinski definition) is 3. The van der Waals surface area contributed by atoms with Gasteiger partial charge in [-0.15, -0.1) is 11.3 Å². The summed E-state index contributed by atoms with van der Waals surface area (Å²) in [6.07, 6.45) is 4.77. The van der Waals surface area contributed by atoms with Crippen molar-refractivity contribution in [3.8, 4) is 0 Å². The largest absolute Gasteiger partial charge is 0.313 e. The molecule has 0 bridgehead atoms. The minimum Gasteiger partial charge on any atom is -0.313 e. The highest BCUT2D eigenvalue weighted by molar-refractivity contribution is 7.98. The highest BCUT2D eigenvalue weighted by Crippen LogP contribution is 2.25. The van der Waals surface area contributed by atoms with E-state index in [2.05, 4.69) is 41.2 Å². The molecule has 0 atom stereocenters. The number of benzene rings is 1. The fourth-order valence-corrected chi connectivity index (χ4v) is 3.34. The molecule has 2 aromatic rings. The van der Waals surface area contributed by atoms with E-state index in [1.807, 2.05) is 23.1 Å². The fourth-order valence-electron chi connectivity index (χ4n) is 1.89. The molecule has 0 amide bonds. The zero-order valence-electron chi connectivity index (χ0n) is 10.2. The third kappa shape index (κ3) is 3.73. The van der Waals surface area contributed by atoms with Crippen LogP contribution in [-0.2, 0) is 6.54 Å². The van der Waals surface area contributed by atoms with E-state index < -0.39 is 0 Å². The van der Waals surface area contributed by atoms with Crippen molar-refractivity contribution < 1.29 is 0 Å². The maximum absolute atomic E-state index is 3.54. The van der Waals surface area contributed by atoms with E-state index in [4.69, 9.17) is 0 Å². The summed E-state index contributed by atoms with van der Waals surface area (Å²) >= 11 is 3.78. The predicted molar refractivity (Wildman–Crippen MR) is 81.1 cm³/mol. The lowest BCUT2D eigenvalue weighted by atomic mass is 10.2. The first-order valence-corrected chi connectivity index (χ1v) is 8.34. The number of unbranched alkanes of at least 4 members (excludes halogenated alkanes) is 1. The molecular weight excluding hydrogens is 246 g/mol. The fraction of sp³-hybridized carbons (Fsp3) is 0.429. The highest BCUT2D eigenvalue weighted by Gasteiger charge is 2.01. The Bertz CT molecular complexity index is 450. The van der Waals surface area contributed by atoms with Crippen LogP contribution in [0.2, 0.25) is 0 Å². The van der Waals surface area contributed by atoms with Crippen molar-refractivity contribution in [3.63, 3.8) is 0 Å². The summed E-state index contributed by atoms with van der Waals surface area (Å²) in [6.45, 7) is 2.13. The lowest BCUT2D eigenvalue weighted by molar-refractivity contribution is 0.646. The van der Waals surface area contributed by atoms with E-state index in [1.165, 1.54) is 34.2 Å². The molecule has 1 aromatic heterocycles.